The molecule has 2 rings (SSSR count). The van der Waals surface area contributed by atoms with E-state index in [1.54, 1.807) is 0 Å². The van der Waals surface area contributed by atoms with Crippen LogP contribution in [0.1, 0.15) is 13.3 Å². The highest BCUT2D eigenvalue weighted by Crippen LogP contribution is 2.20. The Morgan fingerprint density at radius 3 is 2.50 bits per heavy atom. The van der Waals surface area contributed by atoms with Gasteiger partial charge >= 0.3 is 0 Å². The van der Waals surface area contributed by atoms with Crippen molar-refractivity contribution in [3.8, 4) is 0 Å². The van der Waals surface area contributed by atoms with Gasteiger partial charge in [0.25, 0.3) is 0 Å². The molecule has 1 amide bonds. The van der Waals surface area contributed by atoms with E-state index in [0.717, 1.165) is 26.2 Å². The molecule has 0 spiro atoms. The molecule has 1 N–H and O–H groups in total. The monoisotopic (exact) mass is 168 g/mol. The molecule has 68 valence electrons. The Balaban J connectivity index is 1.84. The van der Waals surface area contributed by atoms with Gasteiger partial charge in [0.1, 0.15) is 0 Å². The second kappa shape index (κ2) is 3.05. The van der Waals surface area contributed by atoms with E-state index >= 15 is 0 Å². The average molecular weight is 168 g/mol. The fourth-order valence-corrected chi connectivity index (χ4v) is 1.69. The van der Waals surface area contributed by atoms with Gasteiger partial charge in [0.2, 0.25) is 5.91 Å². The van der Waals surface area contributed by atoms with Gasteiger partial charge in [-0.3, -0.25) is 4.79 Å². The van der Waals surface area contributed by atoms with Crippen LogP contribution in [-0.2, 0) is 4.79 Å². The Morgan fingerprint density at radius 2 is 2.17 bits per heavy atom. The Labute approximate surface area is 73.1 Å². The van der Waals surface area contributed by atoms with Gasteiger partial charge in [0.05, 0.1) is 0 Å². The Morgan fingerprint density at radius 1 is 1.50 bits per heavy atom. The number of nitrogens with one attached hydrogen (secondary N) is 1. The number of rotatable bonds is 2. The summed E-state index contributed by atoms with van der Waals surface area (Å²) in [5.74, 6) is 1.21. The van der Waals surface area contributed by atoms with Crippen LogP contribution < -0.4 is 5.32 Å². The Kier molecular flexibility index (Phi) is 2.05. The van der Waals surface area contributed by atoms with Crippen LogP contribution >= 0.6 is 0 Å². The predicted octanol–water partition coefficient (Wildman–Crippen LogP) is 0.0742. The zero-order valence-electron chi connectivity index (χ0n) is 7.55. The van der Waals surface area contributed by atoms with Crippen molar-refractivity contribution in [3.63, 3.8) is 0 Å². The second-order valence-corrected chi connectivity index (χ2v) is 3.89. The first-order valence-corrected chi connectivity index (χ1v) is 4.78. The maximum absolute atomic E-state index is 11.7. The summed E-state index contributed by atoms with van der Waals surface area (Å²) in [6, 6.07) is 0. The van der Waals surface area contributed by atoms with Crippen molar-refractivity contribution in [1.29, 1.82) is 0 Å². The molecule has 0 aromatic heterocycles. The Hall–Kier alpha value is -0.570. The SMILES string of the molecule is CC(C(=O)N1CCC1)C1CNC1. The summed E-state index contributed by atoms with van der Waals surface area (Å²) in [7, 11) is 0. The number of carbonyl (C=O) groups excluding carboxylic acids is 1. The number of hydrogen-bond acceptors (Lipinski definition) is 2. The Bertz CT molecular complexity index is 185. The van der Waals surface area contributed by atoms with Gasteiger partial charge in [-0.05, 0) is 25.4 Å². The van der Waals surface area contributed by atoms with E-state index in [9.17, 15) is 4.79 Å². The van der Waals surface area contributed by atoms with E-state index in [2.05, 4.69) is 12.2 Å². The number of nitrogens with zero attached hydrogens (tertiary/aromatic N) is 1. The van der Waals surface area contributed by atoms with Gasteiger partial charge in [0, 0.05) is 19.0 Å². The molecule has 3 heteroatoms. The molecule has 3 nitrogen and oxygen atoms in total. The summed E-state index contributed by atoms with van der Waals surface area (Å²) in [4.78, 5) is 13.6. The zero-order chi connectivity index (χ0) is 8.55. The van der Waals surface area contributed by atoms with Crippen LogP contribution in [0.4, 0.5) is 0 Å². The highest BCUT2D eigenvalue weighted by molar-refractivity contribution is 5.79. The highest BCUT2D eigenvalue weighted by atomic mass is 16.2. The van der Waals surface area contributed by atoms with Crippen LogP contribution in [0, 0.1) is 11.8 Å². The molecule has 12 heavy (non-hydrogen) atoms. The molecule has 0 bridgehead atoms. The molecule has 2 saturated heterocycles. The zero-order valence-corrected chi connectivity index (χ0v) is 7.55. The predicted molar refractivity (Wildman–Crippen MR) is 46.7 cm³/mol. The minimum Gasteiger partial charge on any atom is -0.342 e. The summed E-state index contributed by atoms with van der Waals surface area (Å²) in [5.41, 5.74) is 0. The molecule has 2 aliphatic rings. The molecule has 0 aliphatic carbocycles. The third kappa shape index (κ3) is 1.22. The molecule has 0 radical (unpaired) electrons. The lowest BCUT2D eigenvalue weighted by molar-refractivity contribution is -0.140. The largest absolute Gasteiger partial charge is 0.342 e. The third-order valence-electron chi connectivity index (χ3n) is 3.08. The van der Waals surface area contributed by atoms with Gasteiger partial charge in [-0.1, -0.05) is 6.92 Å². The lowest BCUT2D eigenvalue weighted by atomic mass is 9.87. The van der Waals surface area contributed by atoms with Gasteiger partial charge in [-0.2, -0.15) is 0 Å². The van der Waals surface area contributed by atoms with Crippen molar-refractivity contribution in [2.75, 3.05) is 26.2 Å². The summed E-state index contributed by atoms with van der Waals surface area (Å²) in [6.45, 7) is 6.10. The van der Waals surface area contributed by atoms with Crippen LogP contribution in [0.5, 0.6) is 0 Å². The van der Waals surface area contributed by atoms with Crippen molar-refractivity contribution in [3.05, 3.63) is 0 Å². The number of amides is 1. The van der Waals surface area contributed by atoms with Gasteiger partial charge in [0.15, 0.2) is 0 Å². The number of likely N-dealkylation sites (tertiary alicyclic amines) is 1. The second-order valence-electron chi connectivity index (χ2n) is 3.89. The fraction of sp³-hybridized carbons (Fsp3) is 0.889. The molecule has 0 aromatic rings. The van der Waals surface area contributed by atoms with E-state index in [1.807, 2.05) is 4.90 Å². The number of carbonyl (C=O) groups is 1. The van der Waals surface area contributed by atoms with E-state index in [1.165, 1.54) is 6.42 Å². The topological polar surface area (TPSA) is 32.3 Å². The molecule has 1 atom stereocenters. The molecule has 1 unspecified atom stereocenters. The minimum absolute atomic E-state index is 0.242. The smallest absolute Gasteiger partial charge is 0.225 e. The normalized spacial score (nSPS) is 25.9. The molecule has 0 saturated carbocycles. The van der Waals surface area contributed by atoms with Crippen LogP contribution in [0.2, 0.25) is 0 Å². The van der Waals surface area contributed by atoms with Crippen LogP contribution in [0.15, 0.2) is 0 Å². The molecular weight excluding hydrogens is 152 g/mol. The first-order chi connectivity index (χ1) is 5.79. The molecule has 2 heterocycles. The van der Waals surface area contributed by atoms with Crippen molar-refractivity contribution in [1.82, 2.24) is 10.2 Å². The fourth-order valence-electron chi connectivity index (χ4n) is 1.69. The van der Waals surface area contributed by atoms with E-state index in [-0.39, 0.29) is 5.92 Å². The van der Waals surface area contributed by atoms with Crippen molar-refractivity contribution in [2.45, 2.75) is 13.3 Å². The maximum atomic E-state index is 11.7. The molecule has 2 aliphatic heterocycles. The summed E-state index contributed by atoms with van der Waals surface area (Å²) >= 11 is 0. The lowest BCUT2D eigenvalue weighted by Crippen LogP contribution is -2.53. The number of hydrogen-bond donors (Lipinski definition) is 1. The summed E-state index contributed by atoms with van der Waals surface area (Å²) < 4.78 is 0. The molecule has 0 aromatic carbocycles. The van der Waals surface area contributed by atoms with Crippen molar-refractivity contribution >= 4 is 5.91 Å². The molecular formula is C9H16N2O. The van der Waals surface area contributed by atoms with E-state index < -0.39 is 0 Å². The standard InChI is InChI=1S/C9H16N2O/c1-7(8-5-10-6-8)9(12)11-3-2-4-11/h7-8,10H,2-6H2,1H3. The first kappa shape index (κ1) is 8.05. The lowest BCUT2D eigenvalue weighted by Gasteiger charge is -2.38. The maximum Gasteiger partial charge on any atom is 0.225 e. The average Bonchev–Trinajstić information content (AvgIpc) is 1.79. The van der Waals surface area contributed by atoms with Crippen molar-refractivity contribution < 1.29 is 4.79 Å². The van der Waals surface area contributed by atoms with Gasteiger partial charge in [-0.15, -0.1) is 0 Å². The van der Waals surface area contributed by atoms with E-state index in [4.69, 9.17) is 0 Å². The summed E-state index contributed by atoms with van der Waals surface area (Å²) in [6.07, 6.45) is 1.20. The van der Waals surface area contributed by atoms with Crippen molar-refractivity contribution in [2.24, 2.45) is 11.8 Å². The quantitative estimate of drug-likeness (QED) is 0.633. The highest BCUT2D eigenvalue weighted by Gasteiger charge is 2.33. The van der Waals surface area contributed by atoms with Gasteiger partial charge in [-0.25, -0.2) is 0 Å². The summed E-state index contributed by atoms with van der Waals surface area (Å²) in [5, 5.41) is 3.20. The molecule has 2 fully saturated rings. The van der Waals surface area contributed by atoms with E-state index in [0.29, 0.717) is 11.8 Å². The van der Waals surface area contributed by atoms with Crippen LogP contribution in [0.3, 0.4) is 0 Å². The third-order valence-corrected chi connectivity index (χ3v) is 3.08. The van der Waals surface area contributed by atoms with Gasteiger partial charge < -0.3 is 10.2 Å². The van der Waals surface area contributed by atoms with Crippen LogP contribution in [-0.4, -0.2) is 37.0 Å². The first-order valence-electron chi connectivity index (χ1n) is 4.78. The van der Waals surface area contributed by atoms with Crippen LogP contribution in [0.25, 0.3) is 0 Å². The minimum atomic E-state index is 0.242.